The maximum atomic E-state index is 4.07. The quantitative estimate of drug-likeness (QED) is 0.660. The molecule has 0 bridgehead atoms. The summed E-state index contributed by atoms with van der Waals surface area (Å²) in [4.78, 5) is 4.89. The minimum atomic E-state index is 0.820. The molecule has 1 fully saturated rings. The van der Waals surface area contributed by atoms with Crippen molar-refractivity contribution < 1.29 is 0 Å². The fourth-order valence-electron chi connectivity index (χ4n) is 2.00. The molecule has 0 radical (unpaired) electrons. The molecule has 0 atom stereocenters. The monoisotopic (exact) mass is 285 g/mol. The molecule has 2 rings (SSSR count). The van der Waals surface area contributed by atoms with Crippen LogP contribution in [-0.4, -0.2) is 89.1 Å². The van der Waals surface area contributed by atoms with E-state index in [-0.39, 0.29) is 0 Å². The molecule has 1 aliphatic heterocycles. The molecular formula is C11H23N7S. The van der Waals surface area contributed by atoms with Crippen molar-refractivity contribution in [3.8, 4) is 0 Å². The Balaban J connectivity index is 1.69. The number of nitrogens with zero attached hydrogens (tertiary/aromatic N) is 6. The van der Waals surface area contributed by atoms with Crippen LogP contribution < -0.4 is 5.32 Å². The molecule has 19 heavy (non-hydrogen) atoms. The van der Waals surface area contributed by atoms with Gasteiger partial charge in [-0.2, -0.15) is 0 Å². The van der Waals surface area contributed by atoms with Gasteiger partial charge in [0, 0.05) is 45.0 Å². The number of thioether (sulfide) groups is 1. The van der Waals surface area contributed by atoms with Gasteiger partial charge in [-0.05, 0) is 24.5 Å². The summed E-state index contributed by atoms with van der Waals surface area (Å²) in [5.74, 6) is 1.05. The second-order valence-electron chi connectivity index (χ2n) is 4.78. The number of rotatable bonds is 7. The molecule has 0 amide bonds. The van der Waals surface area contributed by atoms with Crippen molar-refractivity contribution in [2.24, 2.45) is 0 Å². The zero-order chi connectivity index (χ0) is 13.5. The molecule has 0 saturated carbocycles. The second kappa shape index (κ2) is 7.78. The van der Waals surface area contributed by atoms with E-state index in [1.807, 2.05) is 11.7 Å². The summed E-state index contributed by atoms with van der Waals surface area (Å²) in [6.07, 6.45) is 0. The van der Waals surface area contributed by atoms with Gasteiger partial charge >= 0.3 is 0 Å². The molecule has 1 N–H and O–H groups in total. The van der Waals surface area contributed by atoms with Crippen molar-refractivity contribution in [2.45, 2.75) is 11.7 Å². The number of nitrogens with one attached hydrogen (secondary N) is 1. The van der Waals surface area contributed by atoms with E-state index in [4.69, 9.17) is 0 Å². The highest BCUT2D eigenvalue weighted by atomic mass is 32.2. The third-order valence-corrected chi connectivity index (χ3v) is 4.24. The average Bonchev–Trinajstić information content (AvgIpc) is 2.86. The van der Waals surface area contributed by atoms with Crippen molar-refractivity contribution in [3.05, 3.63) is 0 Å². The van der Waals surface area contributed by atoms with Crippen molar-refractivity contribution >= 4 is 11.8 Å². The summed E-state index contributed by atoms with van der Waals surface area (Å²) in [6, 6.07) is 0. The molecule has 1 aliphatic rings. The van der Waals surface area contributed by atoms with Crippen LogP contribution in [0.25, 0.3) is 0 Å². The highest BCUT2D eigenvalue weighted by molar-refractivity contribution is 7.99. The van der Waals surface area contributed by atoms with E-state index in [0.29, 0.717) is 0 Å². The van der Waals surface area contributed by atoms with E-state index in [0.717, 1.165) is 30.5 Å². The summed E-state index contributed by atoms with van der Waals surface area (Å²) < 4.78 is 1.87. The van der Waals surface area contributed by atoms with Gasteiger partial charge in [0.05, 0.1) is 6.54 Å². The molecule has 7 nitrogen and oxygen atoms in total. The first kappa shape index (κ1) is 14.7. The number of hydrogen-bond donors (Lipinski definition) is 1. The first-order chi connectivity index (χ1) is 9.29. The highest BCUT2D eigenvalue weighted by Gasteiger charge is 2.14. The van der Waals surface area contributed by atoms with Crippen molar-refractivity contribution in [2.75, 3.05) is 59.1 Å². The Morgan fingerprint density at radius 2 is 2.00 bits per heavy atom. The van der Waals surface area contributed by atoms with Gasteiger partial charge < -0.3 is 10.2 Å². The van der Waals surface area contributed by atoms with Crippen LogP contribution >= 0.6 is 11.8 Å². The van der Waals surface area contributed by atoms with Gasteiger partial charge in [0.15, 0.2) is 0 Å². The lowest BCUT2D eigenvalue weighted by Gasteiger charge is -2.32. The minimum Gasteiger partial charge on any atom is -0.318 e. The second-order valence-corrected chi connectivity index (χ2v) is 5.84. The van der Waals surface area contributed by atoms with E-state index in [2.05, 4.69) is 37.7 Å². The van der Waals surface area contributed by atoms with Crippen LogP contribution in [0.5, 0.6) is 0 Å². The van der Waals surface area contributed by atoms with Crippen LogP contribution in [0, 0.1) is 0 Å². The Labute approximate surface area is 118 Å². The maximum absolute atomic E-state index is 4.07. The molecule has 0 aliphatic carbocycles. The van der Waals surface area contributed by atoms with Crippen molar-refractivity contribution in [3.63, 3.8) is 0 Å². The van der Waals surface area contributed by atoms with Gasteiger partial charge in [0.2, 0.25) is 5.16 Å². The zero-order valence-corrected chi connectivity index (χ0v) is 12.6. The lowest BCUT2D eigenvalue weighted by Crippen LogP contribution is -2.45. The molecular weight excluding hydrogens is 262 g/mol. The first-order valence-corrected chi connectivity index (χ1v) is 7.72. The number of hydrogen-bond acceptors (Lipinski definition) is 7. The molecule has 0 aromatic carbocycles. The summed E-state index contributed by atoms with van der Waals surface area (Å²) in [7, 11) is 4.12. The van der Waals surface area contributed by atoms with E-state index >= 15 is 0 Å². The topological polar surface area (TPSA) is 62.1 Å². The summed E-state index contributed by atoms with van der Waals surface area (Å²) >= 11 is 1.74. The molecule has 2 heterocycles. The zero-order valence-electron chi connectivity index (χ0n) is 11.7. The van der Waals surface area contributed by atoms with Crippen LogP contribution in [0.1, 0.15) is 0 Å². The van der Waals surface area contributed by atoms with Gasteiger partial charge in [-0.25, -0.2) is 4.68 Å². The Bertz CT molecular complexity index is 362. The van der Waals surface area contributed by atoms with E-state index in [1.165, 1.54) is 26.2 Å². The molecule has 108 valence electrons. The highest BCUT2D eigenvalue weighted by Crippen LogP contribution is 2.13. The molecule has 8 heteroatoms. The minimum absolute atomic E-state index is 0.820. The third-order valence-electron chi connectivity index (χ3n) is 3.31. The van der Waals surface area contributed by atoms with E-state index in [9.17, 15) is 0 Å². The number of aromatic nitrogens is 4. The lowest BCUT2D eigenvalue weighted by molar-refractivity contribution is 0.161. The van der Waals surface area contributed by atoms with E-state index in [1.54, 1.807) is 11.8 Å². The SMILES string of the molecule is CNCCn1nnnc1SCCN1CCN(C)CC1. The molecule has 0 unspecified atom stereocenters. The molecule has 1 aromatic rings. The van der Waals surface area contributed by atoms with Gasteiger partial charge in [-0.3, -0.25) is 4.90 Å². The fraction of sp³-hybridized carbons (Fsp3) is 0.909. The number of tetrazole rings is 1. The van der Waals surface area contributed by atoms with Gasteiger partial charge in [0.25, 0.3) is 0 Å². The smallest absolute Gasteiger partial charge is 0.209 e. The predicted octanol–water partition coefficient (Wildman–Crippen LogP) is -0.768. The van der Waals surface area contributed by atoms with Crippen LogP contribution in [0.2, 0.25) is 0 Å². The van der Waals surface area contributed by atoms with Crippen LogP contribution in [-0.2, 0) is 6.54 Å². The summed E-state index contributed by atoms with van der Waals surface area (Å²) in [5, 5.41) is 15.8. The van der Waals surface area contributed by atoms with Crippen LogP contribution in [0.15, 0.2) is 5.16 Å². The Kier molecular flexibility index (Phi) is 6.02. The fourth-order valence-corrected chi connectivity index (χ4v) is 2.90. The number of piperazine rings is 1. The summed E-state index contributed by atoms with van der Waals surface area (Å²) in [5.41, 5.74) is 0. The maximum Gasteiger partial charge on any atom is 0.209 e. The molecule has 1 saturated heterocycles. The molecule has 0 spiro atoms. The van der Waals surface area contributed by atoms with Gasteiger partial charge in [0.1, 0.15) is 0 Å². The largest absolute Gasteiger partial charge is 0.318 e. The summed E-state index contributed by atoms with van der Waals surface area (Å²) in [6.45, 7) is 7.49. The average molecular weight is 285 g/mol. The van der Waals surface area contributed by atoms with Gasteiger partial charge in [-0.1, -0.05) is 11.8 Å². The standard InChI is InChI=1S/C11H23N7S/c1-12-3-4-18-11(13-14-15-18)19-10-9-17-7-5-16(2)6-8-17/h12H,3-10H2,1-2H3. The van der Waals surface area contributed by atoms with Crippen LogP contribution in [0.4, 0.5) is 0 Å². The van der Waals surface area contributed by atoms with Crippen molar-refractivity contribution in [1.82, 2.24) is 35.3 Å². The third kappa shape index (κ3) is 4.72. The van der Waals surface area contributed by atoms with Crippen molar-refractivity contribution in [1.29, 1.82) is 0 Å². The normalized spacial score (nSPS) is 18.0. The Morgan fingerprint density at radius 3 is 2.74 bits per heavy atom. The first-order valence-electron chi connectivity index (χ1n) is 6.74. The lowest BCUT2D eigenvalue weighted by atomic mass is 10.3. The Morgan fingerprint density at radius 1 is 1.21 bits per heavy atom. The molecule has 1 aromatic heterocycles. The Hall–Kier alpha value is -0.700. The predicted molar refractivity (Wildman–Crippen MR) is 76.4 cm³/mol. The van der Waals surface area contributed by atoms with Gasteiger partial charge in [-0.15, -0.1) is 5.10 Å². The van der Waals surface area contributed by atoms with Crippen LogP contribution in [0.3, 0.4) is 0 Å². The van der Waals surface area contributed by atoms with E-state index < -0.39 is 0 Å². The number of likely N-dealkylation sites (N-methyl/N-ethyl adjacent to an activating group) is 2.